The molecule has 0 aromatic rings. The van der Waals surface area contributed by atoms with Gasteiger partial charge in [-0.05, 0) is 132 Å². The standard InChI is InChI=1S/C31H57N5O2.3C2HF3O2/c32-10-6-13-33-11-4-5-12-34-14-7-15-35-30(38)28(19-24-8-2-1-3-9-24)36-29(37)23-31-20-25-16-26(21-31)18-27(17-25)22-31;3*3-2(4,5)1(6)7/h24-28,33-34H,1-23,32H2,(H,35,38)(H,36,37);3*(H,6,7)/t25?,26?,27?,28-,31?;;;/m0.../s1. The van der Waals surface area contributed by atoms with Gasteiger partial charge in [-0.25, -0.2) is 14.4 Å². The lowest BCUT2D eigenvalue weighted by Crippen LogP contribution is -2.51. The maximum atomic E-state index is 13.3. The van der Waals surface area contributed by atoms with Crippen LogP contribution in [0.25, 0.3) is 0 Å². The van der Waals surface area contributed by atoms with E-state index >= 15 is 0 Å². The van der Waals surface area contributed by atoms with Gasteiger partial charge in [0, 0.05) is 13.0 Å². The molecule has 59 heavy (non-hydrogen) atoms. The van der Waals surface area contributed by atoms with Crippen LogP contribution in [0.1, 0.15) is 109 Å². The first-order valence-corrected chi connectivity index (χ1v) is 20.0. The summed E-state index contributed by atoms with van der Waals surface area (Å²) in [6, 6.07) is -0.376. The molecule has 0 aliphatic heterocycles. The van der Waals surface area contributed by atoms with Crippen molar-refractivity contribution < 1.29 is 78.8 Å². The third-order valence-electron chi connectivity index (χ3n) is 10.7. The molecule has 0 spiro atoms. The molecular formula is C37H60F9N5O8. The number of unbranched alkanes of at least 4 members (excludes halogenated alkanes) is 1. The first-order valence-electron chi connectivity index (χ1n) is 20.0. The number of carbonyl (C=O) groups excluding carboxylic acids is 2. The Morgan fingerprint density at radius 3 is 1.39 bits per heavy atom. The summed E-state index contributed by atoms with van der Waals surface area (Å²) in [5.41, 5.74) is 5.73. The monoisotopic (exact) mass is 873 g/mol. The smallest absolute Gasteiger partial charge is 0.475 e. The van der Waals surface area contributed by atoms with Crippen LogP contribution in [0.4, 0.5) is 39.5 Å². The van der Waals surface area contributed by atoms with Crippen molar-refractivity contribution in [1.82, 2.24) is 21.3 Å². The molecule has 0 unspecified atom stereocenters. The maximum Gasteiger partial charge on any atom is 0.490 e. The highest BCUT2D eigenvalue weighted by Gasteiger charge is 2.51. The van der Waals surface area contributed by atoms with Crippen molar-refractivity contribution in [3.63, 3.8) is 0 Å². The lowest BCUT2D eigenvalue weighted by molar-refractivity contribution is -0.193. The molecule has 1 atom stereocenters. The van der Waals surface area contributed by atoms with E-state index in [2.05, 4.69) is 21.3 Å². The zero-order valence-corrected chi connectivity index (χ0v) is 33.0. The van der Waals surface area contributed by atoms with Crippen molar-refractivity contribution in [2.45, 2.75) is 134 Å². The second-order valence-corrected chi connectivity index (χ2v) is 15.9. The molecule has 2 amide bonds. The van der Waals surface area contributed by atoms with E-state index in [9.17, 15) is 49.1 Å². The molecule has 0 radical (unpaired) electrons. The molecule has 344 valence electrons. The lowest BCUT2D eigenvalue weighted by atomic mass is 9.49. The molecule has 0 heterocycles. The van der Waals surface area contributed by atoms with Crippen molar-refractivity contribution in [1.29, 1.82) is 0 Å². The van der Waals surface area contributed by atoms with Gasteiger partial charge in [0.2, 0.25) is 11.8 Å². The Balaban J connectivity index is 0.000000678. The van der Waals surface area contributed by atoms with Gasteiger partial charge in [-0.1, -0.05) is 32.1 Å². The molecule has 9 N–H and O–H groups in total. The highest BCUT2D eigenvalue weighted by atomic mass is 19.4. The molecule has 22 heteroatoms. The molecule has 5 aliphatic carbocycles. The van der Waals surface area contributed by atoms with Crippen LogP contribution in [0, 0.1) is 29.1 Å². The molecule has 5 fully saturated rings. The number of aliphatic carboxylic acids is 3. The van der Waals surface area contributed by atoms with E-state index < -0.39 is 36.4 Å². The van der Waals surface area contributed by atoms with Gasteiger partial charge in [0.05, 0.1) is 0 Å². The number of carbonyl (C=O) groups is 5. The zero-order chi connectivity index (χ0) is 44.9. The van der Waals surface area contributed by atoms with Gasteiger partial charge in [-0.15, -0.1) is 0 Å². The number of nitrogens with two attached hydrogens (primary N) is 1. The quantitative estimate of drug-likeness (QED) is 0.0611. The average Bonchev–Trinajstić information content (AvgIpc) is 3.11. The summed E-state index contributed by atoms with van der Waals surface area (Å²) < 4.78 is 95.2. The van der Waals surface area contributed by atoms with E-state index in [0.29, 0.717) is 18.9 Å². The zero-order valence-electron chi connectivity index (χ0n) is 33.0. The van der Waals surface area contributed by atoms with Gasteiger partial charge in [0.1, 0.15) is 6.04 Å². The van der Waals surface area contributed by atoms with Crippen LogP contribution in [-0.4, -0.2) is 109 Å². The topological polar surface area (TPSA) is 220 Å². The Bertz CT molecular complexity index is 1200. The second kappa shape index (κ2) is 26.0. The Labute approximate surface area is 337 Å². The summed E-state index contributed by atoms with van der Waals surface area (Å²) in [4.78, 5) is 53.3. The fraction of sp³-hybridized carbons (Fsp3) is 0.865. The van der Waals surface area contributed by atoms with Crippen LogP contribution in [0.2, 0.25) is 0 Å². The van der Waals surface area contributed by atoms with Crippen molar-refractivity contribution >= 4 is 29.7 Å². The van der Waals surface area contributed by atoms with Crippen LogP contribution >= 0.6 is 0 Å². The lowest BCUT2D eigenvalue weighted by Gasteiger charge is -2.56. The minimum Gasteiger partial charge on any atom is -0.475 e. The number of hydrogen-bond donors (Lipinski definition) is 8. The minimum absolute atomic E-state index is 0.0259. The summed E-state index contributed by atoms with van der Waals surface area (Å²) in [5, 5.41) is 34.7. The molecule has 4 bridgehead atoms. The summed E-state index contributed by atoms with van der Waals surface area (Å²) in [6.45, 7) is 5.39. The Hall–Kier alpha value is -3.40. The molecule has 13 nitrogen and oxygen atoms in total. The molecule has 5 rings (SSSR count). The van der Waals surface area contributed by atoms with E-state index in [0.717, 1.165) is 76.2 Å². The van der Waals surface area contributed by atoms with E-state index in [1.807, 2.05) is 0 Å². The largest absolute Gasteiger partial charge is 0.490 e. The first kappa shape index (κ1) is 53.6. The highest BCUT2D eigenvalue weighted by Crippen LogP contribution is 2.61. The predicted octanol–water partition coefficient (Wildman–Crippen LogP) is 5.76. The summed E-state index contributed by atoms with van der Waals surface area (Å²) in [5.74, 6) is -5.01. The van der Waals surface area contributed by atoms with Crippen LogP contribution in [-0.2, 0) is 24.0 Å². The van der Waals surface area contributed by atoms with Crippen LogP contribution in [0.3, 0.4) is 0 Å². The van der Waals surface area contributed by atoms with E-state index in [1.165, 1.54) is 77.0 Å². The van der Waals surface area contributed by atoms with Gasteiger partial charge >= 0.3 is 36.4 Å². The Kier molecular flexibility index (Phi) is 23.7. The van der Waals surface area contributed by atoms with Gasteiger partial charge in [-0.3, -0.25) is 9.59 Å². The average molecular weight is 874 g/mol. The fourth-order valence-electron chi connectivity index (χ4n) is 8.61. The summed E-state index contributed by atoms with van der Waals surface area (Å²) in [6.07, 6.45) is 4.59. The predicted molar refractivity (Wildman–Crippen MR) is 196 cm³/mol. The molecular weight excluding hydrogens is 813 g/mol. The summed E-state index contributed by atoms with van der Waals surface area (Å²) >= 11 is 0. The molecule has 0 aromatic heterocycles. The van der Waals surface area contributed by atoms with E-state index in [-0.39, 0.29) is 23.3 Å². The molecule has 0 aromatic carbocycles. The number of alkyl halides is 9. The van der Waals surface area contributed by atoms with Crippen LogP contribution in [0.15, 0.2) is 0 Å². The van der Waals surface area contributed by atoms with Gasteiger partial charge < -0.3 is 42.3 Å². The fourth-order valence-corrected chi connectivity index (χ4v) is 8.61. The number of nitrogens with one attached hydrogen (secondary N) is 4. The Morgan fingerprint density at radius 2 is 1.00 bits per heavy atom. The molecule has 5 saturated carbocycles. The molecule has 0 saturated heterocycles. The van der Waals surface area contributed by atoms with E-state index in [1.54, 1.807) is 0 Å². The van der Waals surface area contributed by atoms with Gasteiger partial charge in [0.25, 0.3) is 0 Å². The number of amides is 2. The highest BCUT2D eigenvalue weighted by molar-refractivity contribution is 5.87. The minimum atomic E-state index is -5.08. The van der Waals surface area contributed by atoms with Crippen LogP contribution < -0.4 is 27.0 Å². The maximum absolute atomic E-state index is 13.3. The van der Waals surface area contributed by atoms with Crippen LogP contribution in [0.5, 0.6) is 0 Å². The van der Waals surface area contributed by atoms with E-state index in [4.69, 9.17) is 35.4 Å². The number of rotatable bonds is 18. The second-order valence-electron chi connectivity index (χ2n) is 15.9. The number of carboxylic acids is 3. The Morgan fingerprint density at radius 1 is 0.610 bits per heavy atom. The number of halogens is 9. The van der Waals surface area contributed by atoms with Gasteiger partial charge in [0.15, 0.2) is 0 Å². The normalized spacial score (nSPS) is 22.9. The first-order chi connectivity index (χ1) is 27.4. The van der Waals surface area contributed by atoms with Crippen molar-refractivity contribution in [3.05, 3.63) is 0 Å². The van der Waals surface area contributed by atoms with Crippen molar-refractivity contribution in [2.75, 3.05) is 39.3 Å². The van der Waals surface area contributed by atoms with Crippen molar-refractivity contribution in [3.8, 4) is 0 Å². The third-order valence-corrected chi connectivity index (χ3v) is 10.7. The summed E-state index contributed by atoms with van der Waals surface area (Å²) in [7, 11) is 0. The third kappa shape index (κ3) is 23.3. The SMILES string of the molecule is NCCCNCCCCNCCCNC(=O)[C@H](CC1CCCCC1)NC(=O)CC12CC3CC(CC(C3)C1)C2.O=C(O)C(F)(F)F.O=C(O)C(F)(F)F.O=C(O)C(F)(F)F. The number of carboxylic acid groups (broad SMARTS) is 3. The molecule has 5 aliphatic rings. The number of hydrogen-bond acceptors (Lipinski definition) is 8. The van der Waals surface area contributed by atoms with Gasteiger partial charge in [-0.2, -0.15) is 39.5 Å². The van der Waals surface area contributed by atoms with Crippen molar-refractivity contribution in [2.24, 2.45) is 34.8 Å².